The fourth-order valence-electron chi connectivity index (χ4n) is 1.34. The minimum absolute atomic E-state index is 0.105. The van der Waals surface area contributed by atoms with Gasteiger partial charge in [-0.25, -0.2) is 9.37 Å². The largest absolute Gasteiger partial charge is 0.396 e. The van der Waals surface area contributed by atoms with Crippen LogP contribution in [0.2, 0.25) is 0 Å². The Balaban J connectivity index is 2.39. The highest BCUT2D eigenvalue weighted by Crippen LogP contribution is 2.21. The summed E-state index contributed by atoms with van der Waals surface area (Å²) >= 11 is 0. The number of halogens is 1. The highest BCUT2D eigenvalue weighted by atomic mass is 19.1. The Kier molecular flexibility index (Phi) is 2.60. The Bertz CT molecular complexity index is 504. The monoisotopic (exact) mass is 220 g/mol. The molecule has 5 heteroatoms. The molecule has 1 aromatic heterocycles. The number of aromatic amines is 1. The molecule has 0 unspecified atom stereocenters. The predicted octanol–water partition coefficient (Wildman–Crippen LogP) is 2.32. The predicted molar refractivity (Wildman–Crippen MR) is 60.3 cm³/mol. The molecular weight excluding hydrogens is 207 g/mol. The van der Waals surface area contributed by atoms with Crippen LogP contribution in [0.25, 0.3) is 11.4 Å². The number of nitrogens with one attached hydrogen (secondary N) is 1. The zero-order valence-corrected chi connectivity index (χ0v) is 9.16. The van der Waals surface area contributed by atoms with E-state index < -0.39 is 5.82 Å². The van der Waals surface area contributed by atoms with Crippen LogP contribution in [0.4, 0.5) is 10.1 Å². The van der Waals surface area contributed by atoms with Gasteiger partial charge in [0.05, 0.1) is 5.69 Å². The number of hydrogen-bond donors (Lipinski definition) is 2. The van der Waals surface area contributed by atoms with Gasteiger partial charge < -0.3 is 5.73 Å². The molecule has 0 aliphatic rings. The summed E-state index contributed by atoms with van der Waals surface area (Å²) in [4.78, 5) is 4.31. The minimum Gasteiger partial charge on any atom is -0.396 e. The fraction of sp³-hybridized carbons (Fsp3) is 0.273. The van der Waals surface area contributed by atoms with Gasteiger partial charge in [-0.15, -0.1) is 0 Å². The molecule has 16 heavy (non-hydrogen) atoms. The van der Waals surface area contributed by atoms with E-state index in [1.54, 1.807) is 6.07 Å². The molecule has 4 nitrogen and oxygen atoms in total. The van der Waals surface area contributed by atoms with Crippen molar-refractivity contribution in [2.45, 2.75) is 19.8 Å². The van der Waals surface area contributed by atoms with Gasteiger partial charge in [0.25, 0.3) is 0 Å². The Morgan fingerprint density at radius 1 is 1.38 bits per heavy atom. The fourth-order valence-corrected chi connectivity index (χ4v) is 1.34. The van der Waals surface area contributed by atoms with E-state index in [-0.39, 0.29) is 11.6 Å². The summed E-state index contributed by atoms with van der Waals surface area (Å²) in [5, 5.41) is 6.91. The van der Waals surface area contributed by atoms with Gasteiger partial charge in [0.15, 0.2) is 5.82 Å². The maximum atomic E-state index is 13.0. The van der Waals surface area contributed by atoms with Gasteiger partial charge in [-0.2, -0.15) is 5.10 Å². The van der Waals surface area contributed by atoms with E-state index in [9.17, 15) is 4.39 Å². The molecule has 2 aromatic rings. The van der Waals surface area contributed by atoms with Crippen molar-refractivity contribution in [3.8, 4) is 11.4 Å². The Labute approximate surface area is 92.7 Å². The average Bonchev–Trinajstić information content (AvgIpc) is 2.71. The average molecular weight is 220 g/mol. The number of aromatic nitrogens is 3. The zero-order valence-electron chi connectivity index (χ0n) is 9.16. The molecule has 1 heterocycles. The van der Waals surface area contributed by atoms with Crippen molar-refractivity contribution in [1.82, 2.24) is 15.2 Å². The third kappa shape index (κ3) is 1.88. The lowest BCUT2D eigenvalue weighted by atomic mass is 10.2. The maximum absolute atomic E-state index is 13.0. The standard InChI is InChI=1S/C11H13FN4/c1-6(2)10-14-11(16-15-10)7-3-4-8(12)9(13)5-7/h3-6H,13H2,1-2H3,(H,14,15,16). The van der Waals surface area contributed by atoms with Crippen LogP contribution >= 0.6 is 0 Å². The SMILES string of the molecule is CC(C)c1nc(-c2ccc(F)c(N)c2)n[nH]1. The maximum Gasteiger partial charge on any atom is 0.181 e. The summed E-state index contributed by atoms with van der Waals surface area (Å²) in [6.45, 7) is 4.03. The number of nitrogens with zero attached hydrogens (tertiary/aromatic N) is 2. The first kappa shape index (κ1) is 10.6. The van der Waals surface area contributed by atoms with E-state index in [1.165, 1.54) is 12.1 Å². The van der Waals surface area contributed by atoms with Crippen molar-refractivity contribution in [1.29, 1.82) is 0 Å². The zero-order chi connectivity index (χ0) is 11.7. The summed E-state index contributed by atoms with van der Waals surface area (Å²) in [5.41, 5.74) is 6.30. The Morgan fingerprint density at radius 2 is 2.12 bits per heavy atom. The Hall–Kier alpha value is -1.91. The van der Waals surface area contributed by atoms with Crippen molar-refractivity contribution >= 4 is 5.69 Å². The number of anilines is 1. The van der Waals surface area contributed by atoms with Gasteiger partial charge in [-0.1, -0.05) is 13.8 Å². The quantitative estimate of drug-likeness (QED) is 0.763. The molecule has 0 saturated carbocycles. The summed E-state index contributed by atoms with van der Waals surface area (Å²) in [6, 6.07) is 4.46. The second-order valence-corrected chi connectivity index (χ2v) is 3.94. The number of benzene rings is 1. The molecule has 0 amide bonds. The van der Waals surface area contributed by atoms with Crippen molar-refractivity contribution < 1.29 is 4.39 Å². The summed E-state index contributed by atoms with van der Waals surface area (Å²) in [7, 11) is 0. The molecule has 2 rings (SSSR count). The molecule has 0 spiro atoms. The van der Waals surface area contributed by atoms with Crippen LogP contribution in [0.5, 0.6) is 0 Å². The molecule has 3 N–H and O–H groups in total. The van der Waals surface area contributed by atoms with E-state index in [0.717, 1.165) is 5.82 Å². The molecule has 0 aliphatic heterocycles. The normalized spacial score (nSPS) is 11.0. The van der Waals surface area contributed by atoms with Gasteiger partial charge in [-0.05, 0) is 18.2 Å². The van der Waals surface area contributed by atoms with Crippen LogP contribution in [0, 0.1) is 5.82 Å². The highest BCUT2D eigenvalue weighted by Gasteiger charge is 2.09. The van der Waals surface area contributed by atoms with Gasteiger partial charge in [-0.3, -0.25) is 5.10 Å². The van der Waals surface area contributed by atoms with Gasteiger partial charge in [0.2, 0.25) is 0 Å². The highest BCUT2D eigenvalue weighted by molar-refractivity contribution is 5.61. The first-order chi connectivity index (χ1) is 7.58. The number of nitrogens with two attached hydrogens (primary N) is 1. The number of nitrogen functional groups attached to an aromatic ring is 1. The van der Waals surface area contributed by atoms with Crippen LogP contribution in [-0.4, -0.2) is 15.2 Å². The van der Waals surface area contributed by atoms with Gasteiger partial charge in [0, 0.05) is 11.5 Å². The first-order valence-electron chi connectivity index (χ1n) is 5.05. The third-order valence-electron chi connectivity index (χ3n) is 2.30. The van der Waals surface area contributed by atoms with E-state index >= 15 is 0 Å². The summed E-state index contributed by atoms with van der Waals surface area (Å²) < 4.78 is 13.0. The van der Waals surface area contributed by atoms with Gasteiger partial charge >= 0.3 is 0 Å². The number of H-pyrrole nitrogens is 1. The lowest BCUT2D eigenvalue weighted by Gasteiger charge is -1.99. The molecule has 0 aliphatic carbocycles. The second kappa shape index (κ2) is 3.92. The van der Waals surface area contributed by atoms with E-state index in [1.807, 2.05) is 13.8 Å². The van der Waals surface area contributed by atoms with Crippen molar-refractivity contribution in [2.24, 2.45) is 0 Å². The van der Waals surface area contributed by atoms with Crippen LogP contribution in [0.3, 0.4) is 0 Å². The van der Waals surface area contributed by atoms with Crippen molar-refractivity contribution in [2.75, 3.05) is 5.73 Å². The topological polar surface area (TPSA) is 67.6 Å². The van der Waals surface area contributed by atoms with E-state index in [0.29, 0.717) is 11.4 Å². The molecular formula is C11H13FN4. The lowest BCUT2D eigenvalue weighted by molar-refractivity contribution is 0.632. The molecule has 1 aromatic carbocycles. The minimum atomic E-state index is -0.427. The number of rotatable bonds is 2. The van der Waals surface area contributed by atoms with E-state index in [4.69, 9.17) is 5.73 Å². The Morgan fingerprint density at radius 3 is 2.69 bits per heavy atom. The van der Waals surface area contributed by atoms with Crippen LogP contribution in [0.15, 0.2) is 18.2 Å². The van der Waals surface area contributed by atoms with E-state index in [2.05, 4.69) is 15.2 Å². The first-order valence-corrected chi connectivity index (χ1v) is 5.05. The molecule has 0 saturated heterocycles. The van der Waals surface area contributed by atoms with Crippen molar-refractivity contribution in [3.63, 3.8) is 0 Å². The molecule has 0 fully saturated rings. The van der Waals surface area contributed by atoms with Gasteiger partial charge in [0.1, 0.15) is 11.6 Å². The molecule has 0 bridgehead atoms. The van der Waals surface area contributed by atoms with Crippen LogP contribution in [-0.2, 0) is 0 Å². The summed E-state index contributed by atoms with van der Waals surface area (Å²) in [5.74, 6) is 1.19. The van der Waals surface area contributed by atoms with Crippen LogP contribution < -0.4 is 5.73 Å². The van der Waals surface area contributed by atoms with Crippen molar-refractivity contribution in [3.05, 3.63) is 29.8 Å². The van der Waals surface area contributed by atoms with Crippen LogP contribution in [0.1, 0.15) is 25.6 Å². The third-order valence-corrected chi connectivity index (χ3v) is 2.30. The molecule has 84 valence electrons. The summed E-state index contributed by atoms with van der Waals surface area (Å²) in [6.07, 6.45) is 0. The molecule has 0 atom stereocenters. The molecule has 0 radical (unpaired) electrons. The smallest absolute Gasteiger partial charge is 0.181 e. The lowest BCUT2D eigenvalue weighted by Crippen LogP contribution is -1.92. The number of hydrogen-bond acceptors (Lipinski definition) is 3. The second-order valence-electron chi connectivity index (χ2n) is 3.94.